The van der Waals surface area contributed by atoms with E-state index in [-0.39, 0.29) is 16.6 Å². The maximum atomic E-state index is 13.0. The summed E-state index contributed by atoms with van der Waals surface area (Å²) < 4.78 is 27.6. The quantitative estimate of drug-likeness (QED) is 0.840. The van der Waals surface area contributed by atoms with Gasteiger partial charge in [-0.3, -0.25) is 0 Å². The molecule has 5 nitrogen and oxygen atoms in total. The lowest BCUT2D eigenvalue weighted by molar-refractivity contribution is 0.129. The van der Waals surface area contributed by atoms with Crippen molar-refractivity contribution in [2.45, 2.75) is 49.5 Å². The minimum Gasteiger partial charge on any atom is -0.244 e. The SMILES string of the molecule is N#Cc1ncccc1S(=O)(=O)N1CCC[C@H]2CCCC[C@H]21. The van der Waals surface area contributed by atoms with Gasteiger partial charge in [0.15, 0.2) is 5.69 Å². The van der Waals surface area contributed by atoms with Crippen LogP contribution in [0.1, 0.15) is 44.2 Å². The molecule has 1 saturated heterocycles. The van der Waals surface area contributed by atoms with Crippen molar-refractivity contribution in [2.24, 2.45) is 5.92 Å². The second-order valence-corrected chi connectivity index (χ2v) is 7.69. The predicted octanol–water partition coefficient (Wildman–Crippen LogP) is 2.30. The Hall–Kier alpha value is -1.45. The minimum absolute atomic E-state index is 0.00423. The Morgan fingerprint density at radius 1 is 1.24 bits per heavy atom. The Kier molecular flexibility index (Phi) is 3.96. The zero-order valence-electron chi connectivity index (χ0n) is 11.9. The summed E-state index contributed by atoms with van der Waals surface area (Å²) in [6.07, 6.45) is 7.83. The summed E-state index contributed by atoms with van der Waals surface area (Å²) in [4.78, 5) is 3.95. The molecule has 2 atom stereocenters. The van der Waals surface area contributed by atoms with E-state index in [2.05, 4.69) is 4.98 Å². The maximum absolute atomic E-state index is 13.0. The fraction of sp³-hybridized carbons (Fsp3) is 0.600. The summed E-state index contributed by atoms with van der Waals surface area (Å²) in [5, 5.41) is 9.12. The molecule has 0 aromatic carbocycles. The number of hydrogen-bond acceptors (Lipinski definition) is 4. The molecule has 21 heavy (non-hydrogen) atoms. The van der Waals surface area contributed by atoms with Crippen LogP contribution < -0.4 is 0 Å². The van der Waals surface area contributed by atoms with Crippen molar-refractivity contribution in [1.29, 1.82) is 5.26 Å². The zero-order valence-corrected chi connectivity index (χ0v) is 12.7. The largest absolute Gasteiger partial charge is 0.246 e. The molecule has 0 bridgehead atoms. The van der Waals surface area contributed by atoms with Gasteiger partial charge < -0.3 is 0 Å². The number of piperidine rings is 1. The number of rotatable bonds is 2. The molecule has 1 aliphatic heterocycles. The highest BCUT2D eigenvalue weighted by molar-refractivity contribution is 7.89. The molecule has 1 aromatic rings. The van der Waals surface area contributed by atoms with E-state index in [9.17, 15) is 8.42 Å². The van der Waals surface area contributed by atoms with Crippen molar-refractivity contribution in [2.75, 3.05) is 6.54 Å². The summed E-state index contributed by atoms with van der Waals surface area (Å²) in [5.41, 5.74) is -0.00423. The number of nitrogens with zero attached hydrogens (tertiary/aromatic N) is 3. The first-order valence-corrected chi connectivity index (χ1v) is 8.95. The first-order valence-electron chi connectivity index (χ1n) is 7.51. The van der Waals surface area contributed by atoms with E-state index in [4.69, 9.17) is 5.26 Å². The van der Waals surface area contributed by atoms with Crippen LogP contribution in [0.15, 0.2) is 23.2 Å². The standard InChI is InChI=1S/C15H19N3O2S/c16-11-13-15(8-3-9-17-13)21(19,20)18-10-4-6-12-5-1-2-7-14(12)18/h3,8-9,12,14H,1-2,4-7,10H2/t12-,14-/m1/s1. The van der Waals surface area contributed by atoms with Gasteiger partial charge in [-0.1, -0.05) is 12.8 Å². The van der Waals surface area contributed by atoms with E-state index in [0.717, 1.165) is 32.1 Å². The third kappa shape index (κ3) is 2.56. The Labute approximate surface area is 125 Å². The van der Waals surface area contributed by atoms with Crippen LogP contribution in [0.5, 0.6) is 0 Å². The summed E-state index contributed by atoms with van der Waals surface area (Å²) in [6.45, 7) is 0.559. The van der Waals surface area contributed by atoms with Gasteiger partial charge >= 0.3 is 0 Å². The normalized spacial score (nSPS) is 26.8. The fourth-order valence-corrected chi connectivity index (χ4v) is 5.54. The highest BCUT2D eigenvalue weighted by Gasteiger charge is 2.40. The fourth-order valence-electron chi connectivity index (χ4n) is 3.69. The minimum atomic E-state index is -3.63. The Bertz CT molecular complexity index is 664. The van der Waals surface area contributed by atoms with Crippen molar-refractivity contribution >= 4 is 10.0 Å². The maximum Gasteiger partial charge on any atom is 0.246 e. The van der Waals surface area contributed by atoms with E-state index in [0.29, 0.717) is 12.5 Å². The molecule has 1 aromatic heterocycles. The van der Waals surface area contributed by atoms with Gasteiger partial charge in [0, 0.05) is 18.8 Å². The summed E-state index contributed by atoms with van der Waals surface area (Å²) >= 11 is 0. The Morgan fingerprint density at radius 3 is 2.81 bits per heavy atom. The van der Waals surface area contributed by atoms with Gasteiger partial charge in [-0.2, -0.15) is 9.57 Å². The Balaban J connectivity index is 1.99. The number of nitriles is 1. The van der Waals surface area contributed by atoms with Crippen molar-refractivity contribution < 1.29 is 8.42 Å². The average Bonchev–Trinajstić information content (AvgIpc) is 2.54. The molecule has 0 amide bonds. The van der Waals surface area contributed by atoms with Gasteiger partial charge in [0.05, 0.1) is 0 Å². The van der Waals surface area contributed by atoms with Gasteiger partial charge in [-0.25, -0.2) is 13.4 Å². The number of pyridine rings is 1. The predicted molar refractivity (Wildman–Crippen MR) is 77.8 cm³/mol. The van der Waals surface area contributed by atoms with Gasteiger partial charge in [0.2, 0.25) is 10.0 Å². The molecule has 0 spiro atoms. The molecule has 2 fully saturated rings. The summed E-state index contributed by atoms with van der Waals surface area (Å²) in [5.74, 6) is 0.476. The highest BCUT2D eigenvalue weighted by atomic mass is 32.2. The number of hydrogen-bond donors (Lipinski definition) is 0. The van der Waals surface area contributed by atoms with E-state index in [1.165, 1.54) is 18.7 Å². The molecule has 6 heteroatoms. The van der Waals surface area contributed by atoms with Gasteiger partial charge in [0.1, 0.15) is 11.0 Å². The van der Waals surface area contributed by atoms with Crippen molar-refractivity contribution in [3.63, 3.8) is 0 Å². The van der Waals surface area contributed by atoms with Crippen LogP contribution in [0.2, 0.25) is 0 Å². The van der Waals surface area contributed by atoms with Gasteiger partial charge in [0.25, 0.3) is 0 Å². The molecule has 112 valence electrons. The monoisotopic (exact) mass is 305 g/mol. The third-order valence-electron chi connectivity index (χ3n) is 4.66. The lowest BCUT2D eigenvalue weighted by Crippen LogP contribution is -2.49. The number of aromatic nitrogens is 1. The molecule has 2 heterocycles. The molecule has 2 aliphatic rings. The molecule has 1 aliphatic carbocycles. The van der Waals surface area contributed by atoms with E-state index in [1.54, 1.807) is 10.4 Å². The van der Waals surface area contributed by atoms with Crippen LogP contribution in [0, 0.1) is 17.2 Å². The highest BCUT2D eigenvalue weighted by Crippen LogP contribution is 2.38. The topological polar surface area (TPSA) is 74.1 Å². The molecule has 0 N–H and O–H groups in total. The molecular weight excluding hydrogens is 286 g/mol. The molecule has 0 unspecified atom stereocenters. The summed E-state index contributed by atoms with van der Waals surface area (Å²) in [6, 6.07) is 5.07. The molecule has 1 saturated carbocycles. The second-order valence-electron chi connectivity index (χ2n) is 5.83. The Morgan fingerprint density at radius 2 is 2.00 bits per heavy atom. The number of sulfonamides is 1. The van der Waals surface area contributed by atoms with Crippen molar-refractivity contribution in [3.8, 4) is 6.07 Å². The average molecular weight is 305 g/mol. The van der Waals surface area contributed by atoms with Crippen molar-refractivity contribution in [1.82, 2.24) is 9.29 Å². The zero-order chi connectivity index (χ0) is 14.9. The third-order valence-corrected chi connectivity index (χ3v) is 6.61. The van der Waals surface area contributed by atoms with Gasteiger partial charge in [-0.15, -0.1) is 0 Å². The van der Waals surface area contributed by atoms with Crippen LogP contribution in [0.4, 0.5) is 0 Å². The smallest absolute Gasteiger partial charge is 0.244 e. The van der Waals surface area contributed by atoms with Crippen LogP contribution in [0.3, 0.4) is 0 Å². The van der Waals surface area contributed by atoms with Gasteiger partial charge in [-0.05, 0) is 43.7 Å². The first kappa shape index (κ1) is 14.5. The van der Waals surface area contributed by atoms with Crippen LogP contribution >= 0.6 is 0 Å². The number of fused-ring (bicyclic) bond motifs is 1. The van der Waals surface area contributed by atoms with E-state index in [1.807, 2.05) is 6.07 Å². The van der Waals surface area contributed by atoms with E-state index < -0.39 is 10.0 Å². The van der Waals surface area contributed by atoms with Crippen LogP contribution in [0.25, 0.3) is 0 Å². The van der Waals surface area contributed by atoms with E-state index >= 15 is 0 Å². The lowest BCUT2D eigenvalue weighted by atomic mass is 9.79. The molecule has 3 rings (SSSR count). The van der Waals surface area contributed by atoms with Crippen LogP contribution in [-0.2, 0) is 10.0 Å². The molecule has 0 radical (unpaired) electrons. The van der Waals surface area contributed by atoms with Crippen molar-refractivity contribution in [3.05, 3.63) is 24.0 Å². The second kappa shape index (κ2) is 5.74. The summed E-state index contributed by atoms with van der Waals surface area (Å²) in [7, 11) is -3.63. The first-order chi connectivity index (χ1) is 10.1. The lowest BCUT2D eigenvalue weighted by Gasteiger charge is -2.43. The molecular formula is C15H19N3O2S. The van der Waals surface area contributed by atoms with Crippen LogP contribution in [-0.4, -0.2) is 30.3 Å².